The lowest BCUT2D eigenvalue weighted by Crippen LogP contribution is -2.51. The van der Waals surface area contributed by atoms with Gasteiger partial charge in [0, 0.05) is 24.3 Å². The second-order valence-corrected chi connectivity index (χ2v) is 10.7. The number of hydrogen-bond donors (Lipinski definition) is 3. The Morgan fingerprint density at radius 2 is 1.97 bits per heavy atom. The van der Waals surface area contributed by atoms with Gasteiger partial charge in [-0.3, -0.25) is 9.69 Å². The van der Waals surface area contributed by atoms with Gasteiger partial charge in [-0.05, 0) is 68.3 Å². The van der Waals surface area contributed by atoms with E-state index in [-0.39, 0.29) is 18.0 Å². The summed E-state index contributed by atoms with van der Waals surface area (Å²) in [4.78, 5) is 33.1. The van der Waals surface area contributed by atoms with Crippen molar-refractivity contribution in [2.75, 3.05) is 18.0 Å². The molecule has 1 saturated heterocycles. The summed E-state index contributed by atoms with van der Waals surface area (Å²) in [6.07, 6.45) is 4.88. The molecule has 37 heavy (non-hydrogen) atoms. The molecular formula is C28H29N5O3S. The van der Waals surface area contributed by atoms with Crippen molar-refractivity contribution >= 4 is 35.1 Å². The number of para-hydroxylation sites is 1. The molecule has 8 nitrogen and oxygen atoms in total. The molecule has 0 bridgehead atoms. The molecule has 190 valence electrons. The number of thioether (sulfide) groups is 1. The van der Waals surface area contributed by atoms with Gasteiger partial charge in [-0.25, -0.2) is 9.78 Å². The molecule has 0 spiro atoms. The van der Waals surface area contributed by atoms with Gasteiger partial charge in [-0.15, -0.1) is 0 Å². The fraction of sp³-hybridized carbons (Fsp3) is 0.321. The Morgan fingerprint density at radius 1 is 1.11 bits per heavy atom. The van der Waals surface area contributed by atoms with Gasteiger partial charge >= 0.3 is 6.03 Å². The number of carbonyl (C=O) groups excluding carboxylic acids is 2. The number of anilines is 2. The first-order valence-electron chi connectivity index (χ1n) is 12.7. The van der Waals surface area contributed by atoms with E-state index in [0.717, 1.165) is 65.6 Å². The Labute approximate surface area is 220 Å². The molecule has 6 rings (SSSR count). The molecule has 3 aromatic rings. The molecule has 1 fully saturated rings. The molecule has 1 aromatic heterocycles. The summed E-state index contributed by atoms with van der Waals surface area (Å²) < 4.78 is 5.97. The molecule has 0 aliphatic carbocycles. The highest BCUT2D eigenvalue weighted by atomic mass is 32.2. The second kappa shape index (κ2) is 10.1. The molecule has 0 saturated carbocycles. The molecule has 3 amide bonds. The summed E-state index contributed by atoms with van der Waals surface area (Å²) in [7, 11) is 0. The summed E-state index contributed by atoms with van der Waals surface area (Å²) in [5, 5.41) is 10.0. The molecular weight excluding hydrogens is 486 g/mol. The third-order valence-corrected chi connectivity index (χ3v) is 8.33. The predicted octanol–water partition coefficient (Wildman–Crippen LogP) is 4.82. The predicted molar refractivity (Wildman–Crippen MR) is 144 cm³/mol. The molecule has 3 aliphatic rings. The standard InChI is InChI=1S/C28H29N5O3S/c1-17-15-20(36-19-8-3-2-4-9-19)10-11-21(17)33-22-12-14-30-27-23(22)24(32-28(33)35)25(37-27)26(34)31-18-7-5-6-13-29-16-18/h2-4,8-12,14-15,18,24-25,29H,5-7,13,16H2,1H3,(H,31,34)(H,32,35). The number of aryl methyl sites for hydroxylation is 1. The van der Waals surface area contributed by atoms with Crippen LogP contribution in [0.15, 0.2) is 65.8 Å². The Morgan fingerprint density at radius 3 is 2.81 bits per heavy atom. The van der Waals surface area contributed by atoms with Crippen molar-refractivity contribution in [3.63, 3.8) is 0 Å². The highest BCUT2D eigenvalue weighted by molar-refractivity contribution is 8.01. The lowest BCUT2D eigenvalue weighted by molar-refractivity contribution is -0.121. The van der Waals surface area contributed by atoms with E-state index in [1.807, 2.05) is 61.5 Å². The van der Waals surface area contributed by atoms with Crippen LogP contribution in [0.1, 0.15) is 36.4 Å². The van der Waals surface area contributed by atoms with Gasteiger partial charge in [0.05, 0.1) is 17.4 Å². The third kappa shape index (κ3) is 4.65. The Kier molecular flexibility index (Phi) is 6.48. The van der Waals surface area contributed by atoms with Gasteiger partial charge in [-0.1, -0.05) is 36.4 Å². The van der Waals surface area contributed by atoms with Gasteiger partial charge in [0.15, 0.2) is 0 Å². The molecule has 4 heterocycles. The maximum absolute atomic E-state index is 13.5. The van der Waals surface area contributed by atoms with E-state index < -0.39 is 11.3 Å². The fourth-order valence-corrected chi connectivity index (χ4v) is 6.49. The molecule has 0 radical (unpaired) electrons. The second-order valence-electron chi connectivity index (χ2n) is 9.62. The van der Waals surface area contributed by atoms with Crippen molar-refractivity contribution in [3.05, 3.63) is 71.9 Å². The smallest absolute Gasteiger partial charge is 0.327 e. The lowest BCUT2D eigenvalue weighted by Gasteiger charge is -2.35. The van der Waals surface area contributed by atoms with Crippen LogP contribution in [0.3, 0.4) is 0 Å². The molecule has 3 unspecified atom stereocenters. The van der Waals surface area contributed by atoms with Crippen LogP contribution in [0.2, 0.25) is 0 Å². The molecule has 3 N–H and O–H groups in total. The summed E-state index contributed by atoms with van der Waals surface area (Å²) in [6.45, 7) is 3.71. The van der Waals surface area contributed by atoms with Crippen molar-refractivity contribution < 1.29 is 14.3 Å². The zero-order valence-electron chi connectivity index (χ0n) is 20.6. The summed E-state index contributed by atoms with van der Waals surface area (Å²) in [5.74, 6) is 1.39. The van der Waals surface area contributed by atoms with Crippen LogP contribution < -0.4 is 25.6 Å². The molecule has 2 aromatic carbocycles. The van der Waals surface area contributed by atoms with Crippen LogP contribution in [0.4, 0.5) is 16.2 Å². The maximum Gasteiger partial charge on any atom is 0.327 e. The van der Waals surface area contributed by atoms with E-state index in [1.165, 1.54) is 11.8 Å². The Bertz CT molecular complexity index is 1330. The highest BCUT2D eigenvalue weighted by Gasteiger charge is 2.47. The normalized spacial score (nSPS) is 22.6. The number of amides is 3. The zero-order valence-corrected chi connectivity index (χ0v) is 21.4. The van der Waals surface area contributed by atoms with E-state index in [1.54, 1.807) is 11.1 Å². The average molecular weight is 516 g/mol. The van der Waals surface area contributed by atoms with E-state index in [4.69, 9.17) is 4.74 Å². The monoisotopic (exact) mass is 515 g/mol. The summed E-state index contributed by atoms with van der Waals surface area (Å²) in [5.41, 5.74) is 3.31. The van der Waals surface area contributed by atoms with Crippen molar-refractivity contribution in [2.24, 2.45) is 0 Å². The lowest BCUT2D eigenvalue weighted by atomic mass is 9.99. The molecule has 3 aliphatic heterocycles. The minimum absolute atomic E-state index is 0.0556. The van der Waals surface area contributed by atoms with E-state index in [0.29, 0.717) is 5.75 Å². The number of carbonyl (C=O) groups is 2. The first-order chi connectivity index (χ1) is 18.1. The summed E-state index contributed by atoms with van der Waals surface area (Å²) >= 11 is 1.43. The number of pyridine rings is 1. The first kappa shape index (κ1) is 23.8. The number of nitrogens with one attached hydrogen (secondary N) is 3. The third-order valence-electron chi connectivity index (χ3n) is 7.05. The minimum Gasteiger partial charge on any atom is -0.457 e. The highest BCUT2D eigenvalue weighted by Crippen LogP contribution is 2.51. The number of urea groups is 1. The largest absolute Gasteiger partial charge is 0.457 e. The number of ether oxygens (including phenoxy) is 1. The van der Waals surface area contributed by atoms with Crippen molar-refractivity contribution in [1.82, 2.24) is 20.9 Å². The number of nitrogens with zero attached hydrogens (tertiary/aromatic N) is 2. The van der Waals surface area contributed by atoms with Crippen molar-refractivity contribution in [1.29, 1.82) is 0 Å². The van der Waals surface area contributed by atoms with Crippen LogP contribution in [0.25, 0.3) is 0 Å². The van der Waals surface area contributed by atoms with E-state index in [2.05, 4.69) is 20.9 Å². The van der Waals surface area contributed by atoms with E-state index >= 15 is 0 Å². The van der Waals surface area contributed by atoms with Crippen LogP contribution in [-0.2, 0) is 4.79 Å². The van der Waals surface area contributed by atoms with Gasteiger partial charge < -0.3 is 20.7 Å². The van der Waals surface area contributed by atoms with Gasteiger partial charge in [0.1, 0.15) is 21.8 Å². The first-order valence-corrected chi connectivity index (χ1v) is 13.6. The number of aromatic nitrogens is 1. The zero-order chi connectivity index (χ0) is 25.4. The number of benzene rings is 2. The minimum atomic E-state index is -0.458. The average Bonchev–Trinajstić information content (AvgIpc) is 3.07. The topological polar surface area (TPSA) is 95.6 Å². The summed E-state index contributed by atoms with van der Waals surface area (Å²) in [6, 6.07) is 16.5. The van der Waals surface area contributed by atoms with Crippen LogP contribution in [0, 0.1) is 6.92 Å². The number of hydrogen-bond acceptors (Lipinski definition) is 6. The van der Waals surface area contributed by atoms with Crippen molar-refractivity contribution in [2.45, 2.75) is 48.5 Å². The van der Waals surface area contributed by atoms with Gasteiger partial charge in [-0.2, -0.15) is 0 Å². The van der Waals surface area contributed by atoms with E-state index in [9.17, 15) is 9.59 Å². The van der Waals surface area contributed by atoms with Gasteiger partial charge in [0.2, 0.25) is 5.91 Å². The van der Waals surface area contributed by atoms with Crippen LogP contribution in [-0.4, -0.2) is 41.3 Å². The SMILES string of the molecule is Cc1cc(Oc2ccccc2)ccc1N1C(=O)NC2c3c1ccnc3SC2C(=O)NC1CCCCNC1. The van der Waals surface area contributed by atoms with Gasteiger partial charge in [0.25, 0.3) is 0 Å². The number of rotatable bonds is 5. The quantitative estimate of drug-likeness (QED) is 0.451. The fourth-order valence-electron chi connectivity index (χ4n) is 5.26. The Hall–Kier alpha value is -3.56. The van der Waals surface area contributed by atoms with Crippen LogP contribution in [0.5, 0.6) is 11.5 Å². The maximum atomic E-state index is 13.5. The van der Waals surface area contributed by atoms with Crippen LogP contribution >= 0.6 is 11.8 Å². The van der Waals surface area contributed by atoms with Crippen molar-refractivity contribution in [3.8, 4) is 11.5 Å². The Balaban J connectivity index is 1.26. The molecule has 3 atom stereocenters. The molecule has 9 heteroatoms.